The fourth-order valence-electron chi connectivity index (χ4n) is 4.71. The molecule has 0 spiro atoms. The van der Waals surface area contributed by atoms with E-state index in [1.807, 2.05) is 24.3 Å². The second kappa shape index (κ2) is 9.01. The van der Waals surface area contributed by atoms with Crippen LogP contribution in [0.4, 0.5) is 0 Å². The average molecular weight is 426 g/mol. The Morgan fingerprint density at radius 2 is 1.97 bits per heavy atom. The molecule has 5 rings (SSSR count). The van der Waals surface area contributed by atoms with Gasteiger partial charge in [-0.1, -0.05) is 24.3 Å². The van der Waals surface area contributed by atoms with E-state index in [1.165, 1.54) is 12.8 Å². The van der Waals surface area contributed by atoms with Crippen LogP contribution in [0.1, 0.15) is 36.0 Å². The molecular weight excluding hydrogens is 394 g/mol. The largest absolute Gasteiger partial charge is 0.493 e. The Labute approximate surface area is 183 Å². The van der Waals surface area contributed by atoms with E-state index >= 15 is 0 Å². The number of piperazine rings is 1. The zero-order valence-electron chi connectivity index (χ0n) is 17.9. The van der Waals surface area contributed by atoms with Gasteiger partial charge in [-0.2, -0.15) is 0 Å². The van der Waals surface area contributed by atoms with Crippen LogP contribution in [0.3, 0.4) is 0 Å². The number of rotatable bonds is 2. The van der Waals surface area contributed by atoms with Crippen molar-refractivity contribution in [2.24, 2.45) is 5.92 Å². The summed E-state index contributed by atoms with van der Waals surface area (Å²) in [5, 5.41) is 3.06. The quantitative estimate of drug-likeness (QED) is 0.732. The zero-order chi connectivity index (χ0) is 21.2. The van der Waals surface area contributed by atoms with Crippen LogP contribution in [0.5, 0.6) is 5.75 Å². The van der Waals surface area contributed by atoms with Crippen LogP contribution < -0.4 is 10.1 Å². The smallest absolute Gasteiger partial charge is 0.258 e. The van der Waals surface area contributed by atoms with Gasteiger partial charge in [0.25, 0.3) is 5.91 Å². The molecule has 1 saturated carbocycles. The molecule has 1 saturated heterocycles. The van der Waals surface area contributed by atoms with Crippen LogP contribution in [-0.4, -0.2) is 79.2 Å². The maximum atomic E-state index is 13.5. The van der Waals surface area contributed by atoms with Crippen LogP contribution >= 0.6 is 0 Å². The van der Waals surface area contributed by atoms with Gasteiger partial charge in [0.15, 0.2) is 0 Å². The normalized spacial score (nSPS) is 29.9. The second-order valence-electron chi connectivity index (χ2n) is 9.06. The number of hydrogen-bond acceptors (Lipinski definition) is 5. The Hall–Kier alpha value is -2.38. The van der Waals surface area contributed by atoms with Crippen molar-refractivity contribution in [3.8, 4) is 5.75 Å². The summed E-state index contributed by atoms with van der Waals surface area (Å²) in [6.45, 7) is 3.83. The highest BCUT2D eigenvalue weighted by Crippen LogP contribution is 2.31. The SMILES string of the molecule is O=C1NC[C@@H]2C=CC[C@@H](CCOc3ccccc3C(=O)N3CCN(CC4CC4)C[C@@H]13)O2. The minimum absolute atomic E-state index is 0.0536. The van der Waals surface area contributed by atoms with Gasteiger partial charge in [0.05, 0.1) is 24.4 Å². The Morgan fingerprint density at radius 3 is 2.84 bits per heavy atom. The predicted octanol–water partition coefficient (Wildman–Crippen LogP) is 1.84. The number of nitrogens with zero attached hydrogens (tertiary/aromatic N) is 2. The molecule has 1 aromatic rings. The summed E-state index contributed by atoms with van der Waals surface area (Å²) in [4.78, 5) is 30.8. The molecule has 2 amide bonds. The van der Waals surface area contributed by atoms with Gasteiger partial charge in [-0.25, -0.2) is 0 Å². The first-order valence-corrected chi connectivity index (χ1v) is 11.5. The average Bonchev–Trinajstić information content (AvgIpc) is 3.61. The first kappa shape index (κ1) is 20.5. The van der Waals surface area contributed by atoms with Crippen LogP contribution in [-0.2, 0) is 9.53 Å². The summed E-state index contributed by atoms with van der Waals surface area (Å²) in [5.41, 5.74) is 0.523. The van der Waals surface area contributed by atoms with Gasteiger partial charge < -0.3 is 19.7 Å². The van der Waals surface area contributed by atoms with Gasteiger partial charge in [-0.3, -0.25) is 14.5 Å². The van der Waals surface area contributed by atoms with Gasteiger partial charge in [-0.15, -0.1) is 0 Å². The van der Waals surface area contributed by atoms with Gasteiger partial charge in [0.1, 0.15) is 11.8 Å². The van der Waals surface area contributed by atoms with E-state index in [2.05, 4.69) is 16.3 Å². The van der Waals surface area contributed by atoms with Crippen molar-refractivity contribution in [3.63, 3.8) is 0 Å². The molecule has 4 aliphatic rings. The molecule has 1 aromatic carbocycles. The number of para-hydroxylation sites is 1. The number of ether oxygens (including phenoxy) is 2. The highest BCUT2D eigenvalue weighted by molar-refractivity contribution is 6.00. The van der Waals surface area contributed by atoms with Crippen molar-refractivity contribution in [3.05, 3.63) is 42.0 Å². The number of fused-ring (bicyclic) bond motifs is 4. The van der Waals surface area contributed by atoms with E-state index in [-0.39, 0.29) is 24.0 Å². The highest BCUT2D eigenvalue weighted by atomic mass is 16.5. The van der Waals surface area contributed by atoms with Gasteiger partial charge in [-0.05, 0) is 37.3 Å². The molecule has 0 aromatic heterocycles. The fraction of sp³-hybridized carbons (Fsp3) is 0.583. The highest BCUT2D eigenvalue weighted by Gasteiger charge is 2.38. The van der Waals surface area contributed by atoms with Crippen molar-refractivity contribution >= 4 is 11.8 Å². The third-order valence-corrected chi connectivity index (χ3v) is 6.65. The molecule has 7 heteroatoms. The molecule has 0 unspecified atom stereocenters. The van der Waals surface area contributed by atoms with E-state index in [1.54, 1.807) is 11.0 Å². The van der Waals surface area contributed by atoms with Crippen molar-refractivity contribution in [2.75, 3.05) is 39.3 Å². The summed E-state index contributed by atoms with van der Waals surface area (Å²) in [6, 6.07) is 6.84. The standard InChI is InChI=1S/C24H31N3O4/c28-23-21-16-26(15-17-8-9-17)11-12-27(21)24(29)20-6-1-2-7-22(20)30-13-10-18-4-3-5-19(31-18)14-25-23/h1-3,5-7,17-19,21H,4,8-16H2,(H,25,28)/t18-,19-,21-/m0/s1. The lowest BCUT2D eigenvalue weighted by Gasteiger charge is -2.41. The maximum Gasteiger partial charge on any atom is 0.258 e. The van der Waals surface area contributed by atoms with E-state index < -0.39 is 6.04 Å². The number of carbonyl (C=O) groups is 2. The van der Waals surface area contributed by atoms with E-state index in [9.17, 15) is 9.59 Å². The summed E-state index contributed by atoms with van der Waals surface area (Å²) >= 11 is 0. The summed E-state index contributed by atoms with van der Waals surface area (Å²) in [7, 11) is 0. The Bertz CT molecular complexity index is 853. The molecule has 1 N–H and O–H groups in total. The monoisotopic (exact) mass is 425 g/mol. The number of nitrogens with one attached hydrogen (secondary N) is 1. The molecule has 2 fully saturated rings. The molecule has 0 radical (unpaired) electrons. The van der Waals surface area contributed by atoms with Crippen LogP contribution in [0.25, 0.3) is 0 Å². The summed E-state index contributed by atoms with van der Waals surface area (Å²) in [6.07, 6.45) is 8.16. The molecule has 1 aliphatic carbocycles. The Balaban J connectivity index is 1.42. The topological polar surface area (TPSA) is 71.1 Å². The van der Waals surface area contributed by atoms with E-state index in [0.717, 1.165) is 31.8 Å². The minimum Gasteiger partial charge on any atom is -0.493 e. The van der Waals surface area contributed by atoms with Crippen LogP contribution in [0.15, 0.2) is 36.4 Å². The van der Waals surface area contributed by atoms with E-state index in [0.29, 0.717) is 37.6 Å². The molecular formula is C24H31N3O4. The zero-order valence-corrected chi connectivity index (χ0v) is 17.9. The van der Waals surface area contributed by atoms with E-state index in [4.69, 9.17) is 9.47 Å². The number of benzene rings is 1. The minimum atomic E-state index is -0.514. The molecule has 7 nitrogen and oxygen atoms in total. The van der Waals surface area contributed by atoms with Gasteiger partial charge in [0, 0.05) is 39.1 Å². The third kappa shape index (κ3) is 4.77. The fourth-order valence-corrected chi connectivity index (χ4v) is 4.71. The Kier molecular flexibility index (Phi) is 5.96. The maximum absolute atomic E-state index is 13.5. The molecule has 2 bridgehead atoms. The number of carbonyl (C=O) groups excluding carboxylic acids is 2. The molecule has 166 valence electrons. The van der Waals surface area contributed by atoms with Crippen LogP contribution in [0.2, 0.25) is 0 Å². The lowest BCUT2D eigenvalue weighted by molar-refractivity contribution is -0.128. The Morgan fingerprint density at radius 1 is 1.10 bits per heavy atom. The predicted molar refractivity (Wildman–Crippen MR) is 116 cm³/mol. The second-order valence-corrected chi connectivity index (χ2v) is 9.06. The lowest BCUT2D eigenvalue weighted by Crippen LogP contribution is -2.61. The number of hydrogen-bond donors (Lipinski definition) is 1. The molecule has 3 atom stereocenters. The van der Waals surface area contributed by atoms with Crippen molar-refractivity contribution in [1.29, 1.82) is 0 Å². The van der Waals surface area contributed by atoms with Crippen molar-refractivity contribution in [2.45, 2.75) is 43.9 Å². The molecule has 3 aliphatic heterocycles. The number of amides is 2. The van der Waals surface area contributed by atoms with Crippen LogP contribution in [0, 0.1) is 5.92 Å². The van der Waals surface area contributed by atoms with Gasteiger partial charge in [0.2, 0.25) is 5.91 Å². The summed E-state index contributed by atoms with van der Waals surface area (Å²) < 4.78 is 12.2. The molecule has 3 heterocycles. The first-order chi connectivity index (χ1) is 15.2. The molecule has 31 heavy (non-hydrogen) atoms. The first-order valence-electron chi connectivity index (χ1n) is 11.5. The lowest BCUT2D eigenvalue weighted by atomic mass is 10.1. The third-order valence-electron chi connectivity index (χ3n) is 6.65. The van der Waals surface area contributed by atoms with Gasteiger partial charge >= 0.3 is 0 Å². The summed E-state index contributed by atoms with van der Waals surface area (Å²) in [5.74, 6) is 1.08. The van der Waals surface area contributed by atoms with Crippen molar-refractivity contribution < 1.29 is 19.1 Å². The van der Waals surface area contributed by atoms with Crippen molar-refractivity contribution in [1.82, 2.24) is 15.1 Å².